The number of fused-ring (bicyclic) bond motifs is 1. The molecule has 0 fully saturated rings. The third-order valence-electron chi connectivity index (χ3n) is 3.94. The number of unbranched alkanes of at least 4 members (excludes halogenated alkanes) is 1. The van der Waals surface area contributed by atoms with E-state index >= 15 is 0 Å². The molecule has 22 heavy (non-hydrogen) atoms. The van der Waals surface area contributed by atoms with Gasteiger partial charge in [0.25, 0.3) is 11.5 Å². The van der Waals surface area contributed by atoms with Gasteiger partial charge < -0.3 is 4.90 Å². The van der Waals surface area contributed by atoms with Gasteiger partial charge in [-0.15, -0.1) is 0 Å². The zero-order valence-electron chi connectivity index (χ0n) is 12.7. The van der Waals surface area contributed by atoms with Gasteiger partial charge in [0.15, 0.2) is 0 Å². The minimum Gasteiger partial charge on any atom is -0.306 e. The first-order chi connectivity index (χ1) is 10.7. The normalized spacial score (nSPS) is 13.2. The molecule has 3 rings (SSSR count). The number of hydrogen-bond donors (Lipinski definition) is 0. The SMILES string of the molecule is CCCCn1nc(C(=O)N2CCc3ccccc32)ccc1=O. The van der Waals surface area contributed by atoms with Crippen molar-refractivity contribution < 1.29 is 4.79 Å². The van der Waals surface area contributed by atoms with Crippen molar-refractivity contribution in [2.45, 2.75) is 32.7 Å². The Labute approximate surface area is 129 Å². The van der Waals surface area contributed by atoms with Crippen molar-refractivity contribution in [3.63, 3.8) is 0 Å². The monoisotopic (exact) mass is 297 g/mol. The maximum absolute atomic E-state index is 12.7. The van der Waals surface area contributed by atoms with Gasteiger partial charge in [-0.2, -0.15) is 5.10 Å². The second kappa shape index (κ2) is 6.13. The Morgan fingerprint density at radius 2 is 2.05 bits per heavy atom. The van der Waals surface area contributed by atoms with Crippen LogP contribution in [0.4, 0.5) is 5.69 Å². The first-order valence-electron chi connectivity index (χ1n) is 7.68. The van der Waals surface area contributed by atoms with Crippen LogP contribution in [0, 0.1) is 0 Å². The molecule has 0 saturated heterocycles. The Hall–Kier alpha value is -2.43. The summed E-state index contributed by atoms with van der Waals surface area (Å²) in [5, 5.41) is 4.24. The number of rotatable bonds is 4. The maximum atomic E-state index is 12.7. The quantitative estimate of drug-likeness (QED) is 0.869. The lowest BCUT2D eigenvalue weighted by atomic mass is 10.2. The van der Waals surface area contributed by atoms with Crippen molar-refractivity contribution in [1.29, 1.82) is 0 Å². The predicted molar refractivity (Wildman–Crippen MR) is 85.2 cm³/mol. The molecule has 5 nitrogen and oxygen atoms in total. The van der Waals surface area contributed by atoms with Crippen LogP contribution in [0.1, 0.15) is 35.8 Å². The molecule has 0 N–H and O–H groups in total. The minimum atomic E-state index is -0.160. The van der Waals surface area contributed by atoms with Crippen molar-refractivity contribution in [3.8, 4) is 0 Å². The Morgan fingerprint density at radius 3 is 2.86 bits per heavy atom. The lowest BCUT2D eigenvalue weighted by Crippen LogP contribution is -2.32. The number of amides is 1. The summed E-state index contributed by atoms with van der Waals surface area (Å²) in [5.41, 5.74) is 2.29. The number of benzene rings is 1. The molecule has 1 aliphatic rings. The molecule has 5 heteroatoms. The third kappa shape index (κ3) is 2.66. The van der Waals surface area contributed by atoms with Crippen LogP contribution in [0.2, 0.25) is 0 Å². The zero-order valence-corrected chi connectivity index (χ0v) is 12.7. The number of aryl methyl sites for hydroxylation is 1. The van der Waals surface area contributed by atoms with Crippen LogP contribution in [0.5, 0.6) is 0 Å². The van der Waals surface area contributed by atoms with E-state index in [2.05, 4.69) is 12.0 Å². The van der Waals surface area contributed by atoms with E-state index in [1.807, 2.05) is 24.3 Å². The van der Waals surface area contributed by atoms with Gasteiger partial charge in [-0.3, -0.25) is 9.59 Å². The van der Waals surface area contributed by atoms with Gasteiger partial charge >= 0.3 is 0 Å². The average molecular weight is 297 g/mol. The highest BCUT2D eigenvalue weighted by Crippen LogP contribution is 2.28. The van der Waals surface area contributed by atoms with Crippen molar-refractivity contribution in [2.24, 2.45) is 0 Å². The average Bonchev–Trinajstić information content (AvgIpc) is 2.97. The minimum absolute atomic E-state index is 0.143. The van der Waals surface area contributed by atoms with Crippen molar-refractivity contribution >= 4 is 11.6 Å². The maximum Gasteiger partial charge on any atom is 0.278 e. The van der Waals surface area contributed by atoms with Crippen LogP contribution in [0.3, 0.4) is 0 Å². The van der Waals surface area contributed by atoms with Gasteiger partial charge in [-0.25, -0.2) is 4.68 Å². The standard InChI is InChI=1S/C17H19N3O2/c1-2-3-11-20-16(21)9-8-14(18-20)17(22)19-12-10-13-6-4-5-7-15(13)19/h4-9H,2-3,10-12H2,1H3. The topological polar surface area (TPSA) is 55.2 Å². The summed E-state index contributed by atoms with van der Waals surface area (Å²) in [6.45, 7) is 3.27. The number of aromatic nitrogens is 2. The van der Waals surface area contributed by atoms with Crippen LogP contribution >= 0.6 is 0 Å². The third-order valence-corrected chi connectivity index (χ3v) is 3.94. The summed E-state index contributed by atoms with van der Waals surface area (Å²) >= 11 is 0. The van der Waals surface area contributed by atoms with Crippen molar-refractivity contribution in [3.05, 3.63) is 58.0 Å². The van der Waals surface area contributed by atoms with Crippen molar-refractivity contribution in [1.82, 2.24) is 9.78 Å². The predicted octanol–water partition coefficient (Wildman–Crippen LogP) is 2.25. The van der Waals surface area contributed by atoms with E-state index in [0.717, 1.165) is 24.9 Å². The zero-order chi connectivity index (χ0) is 15.5. The summed E-state index contributed by atoms with van der Waals surface area (Å²) in [6, 6.07) is 10.9. The summed E-state index contributed by atoms with van der Waals surface area (Å²) in [7, 11) is 0. The molecular weight excluding hydrogens is 278 g/mol. The smallest absolute Gasteiger partial charge is 0.278 e. The van der Waals surface area contributed by atoms with Gasteiger partial charge in [0.05, 0.1) is 0 Å². The van der Waals surface area contributed by atoms with Gasteiger partial charge in [-0.05, 0) is 30.5 Å². The lowest BCUT2D eigenvalue weighted by Gasteiger charge is -2.17. The fraction of sp³-hybridized carbons (Fsp3) is 0.353. The van der Waals surface area contributed by atoms with Gasteiger partial charge in [-0.1, -0.05) is 31.5 Å². The van der Waals surface area contributed by atoms with Crippen LogP contribution in [0.25, 0.3) is 0 Å². The molecule has 2 aromatic rings. The molecule has 1 aromatic carbocycles. The number of carbonyl (C=O) groups excluding carboxylic acids is 1. The number of carbonyl (C=O) groups is 1. The largest absolute Gasteiger partial charge is 0.306 e. The molecule has 1 aliphatic heterocycles. The Balaban J connectivity index is 1.89. The highest BCUT2D eigenvalue weighted by molar-refractivity contribution is 6.05. The molecule has 0 saturated carbocycles. The molecule has 2 heterocycles. The van der Waals surface area contributed by atoms with E-state index in [1.165, 1.54) is 22.4 Å². The molecule has 1 amide bonds. The van der Waals surface area contributed by atoms with E-state index in [1.54, 1.807) is 4.90 Å². The van der Waals surface area contributed by atoms with Crippen LogP contribution in [-0.2, 0) is 13.0 Å². The van der Waals surface area contributed by atoms with Gasteiger partial charge in [0.2, 0.25) is 0 Å². The molecule has 0 aliphatic carbocycles. The fourth-order valence-electron chi connectivity index (χ4n) is 2.72. The highest BCUT2D eigenvalue weighted by Gasteiger charge is 2.26. The second-order valence-corrected chi connectivity index (χ2v) is 5.47. The van der Waals surface area contributed by atoms with E-state index in [9.17, 15) is 9.59 Å². The number of hydrogen-bond acceptors (Lipinski definition) is 3. The van der Waals surface area contributed by atoms with Crippen molar-refractivity contribution in [2.75, 3.05) is 11.4 Å². The van der Waals surface area contributed by atoms with Crippen LogP contribution in [-0.4, -0.2) is 22.2 Å². The fourth-order valence-corrected chi connectivity index (χ4v) is 2.72. The lowest BCUT2D eigenvalue weighted by molar-refractivity contribution is 0.0982. The summed E-state index contributed by atoms with van der Waals surface area (Å²) < 4.78 is 1.39. The molecule has 0 unspecified atom stereocenters. The summed E-state index contributed by atoms with van der Waals surface area (Å²) in [5.74, 6) is -0.143. The second-order valence-electron chi connectivity index (χ2n) is 5.47. The summed E-state index contributed by atoms with van der Waals surface area (Å²) in [4.78, 5) is 26.2. The van der Waals surface area contributed by atoms with E-state index in [4.69, 9.17) is 0 Å². The Morgan fingerprint density at radius 1 is 1.23 bits per heavy atom. The highest BCUT2D eigenvalue weighted by atomic mass is 16.2. The molecule has 114 valence electrons. The Kier molecular flexibility index (Phi) is 4.04. The Bertz CT molecular complexity index is 752. The molecular formula is C17H19N3O2. The van der Waals surface area contributed by atoms with Crippen LogP contribution < -0.4 is 10.5 Å². The molecule has 0 radical (unpaired) electrons. The van der Waals surface area contributed by atoms with E-state index in [0.29, 0.717) is 18.8 Å². The molecule has 0 spiro atoms. The first-order valence-corrected chi connectivity index (χ1v) is 7.68. The number of anilines is 1. The molecule has 0 bridgehead atoms. The summed E-state index contributed by atoms with van der Waals surface area (Å²) in [6.07, 6.45) is 2.71. The van der Waals surface area contributed by atoms with E-state index < -0.39 is 0 Å². The molecule has 0 atom stereocenters. The molecule has 1 aromatic heterocycles. The van der Waals surface area contributed by atoms with Crippen LogP contribution in [0.15, 0.2) is 41.2 Å². The number of nitrogens with zero attached hydrogens (tertiary/aromatic N) is 3. The van der Waals surface area contributed by atoms with Gasteiger partial charge in [0, 0.05) is 24.8 Å². The van der Waals surface area contributed by atoms with E-state index in [-0.39, 0.29) is 11.5 Å². The number of para-hydroxylation sites is 1. The van der Waals surface area contributed by atoms with Gasteiger partial charge in [0.1, 0.15) is 5.69 Å². The first kappa shape index (κ1) is 14.5.